The van der Waals surface area contributed by atoms with E-state index in [9.17, 15) is 0 Å². The number of hydrogen-bond donors (Lipinski definition) is 3. The molecule has 0 saturated heterocycles. The first kappa shape index (κ1) is 6.32. The summed E-state index contributed by atoms with van der Waals surface area (Å²) < 4.78 is 0. The van der Waals surface area contributed by atoms with E-state index in [1.54, 1.807) is 18.5 Å². The Balaban J connectivity index is 2.65. The molecule has 1 heterocycles. The average Bonchev–Trinajstić information content (AvgIpc) is 2.37. The molecule has 0 bridgehead atoms. The fourth-order valence-corrected chi connectivity index (χ4v) is 0.680. The summed E-state index contributed by atoms with van der Waals surface area (Å²) in [6.45, 7) is 0.276. The Hall–Kier alpha value is -0.800. The minimum atomic E-state index is -0.517. The monoisotopic (exact) mass is 126 g/mol. The molecule has 4 N–H and O–H groups in total. The average molecular weight is 126 g/mol. The van der Waals surface area contributed by atoms with E-state index >= 15 is 0 Å². The van der Waals surface area contributed by atoms with Crippen LogP contribution in [0.5, 0.6) is 0 Å². The Bertz CT molecular complexity index is 160. The Morgan fingerprint density at radius 3 is 3.00 bits per heavy atom. The number of nitrogens with two attached hydrogens (primary N) is 1. The van der Waals surface area contributed by atoms with E-state index in [-0.39, 0.29) is 6.54 Å². The van der Waals surface area contributed by atoms with Crippen molar-refractivity contribution in [1.29, 1.82) is 0 Å². The molecule has 50 valence electrons. The fourth-order valence-electron chi connectivity index (χ4n) is 0.680. The fraction of sp³-hybridized carbons (Fsp3) is 0.333. The molecule has 0 aliphatic rings. The van der Waals surface area contributed by atoms with Gasteiger partial charge < -0.3 is 15.8 Å². The quantitative estimate of drug-likeness (QED) is 0.522. The van der Waals surface area contributed by atoms with Crippen LogP contribution in [0, 0.1) is 0 Å². The molecule has 0 spiro atoms. The van der Waals surface area contributed by atoms with E-state index in [4.69, 9.17) is 10.8 Å². The predicted molar refractivity (Wildman–Crippen MR) is 34.8 cm³/mol. The van der Waals surface area contributed by atoms with Crippen molar-refractivity contribution in [1.82, 2.24) is 4.98 Å². The van der Waals surface area contributed by atoms with Gasteiger partial charge in [0.15, 0.2) is 0 Å². The van der Waals surface area contributed by atoms with Crippen LogP contribution in [0.2, 0.25) is 0 Å². The molecule has 0 aromatic carbocycles. The molecule has 1 rings (SSSR count). The molecule has 3 nitrogen and oxygen atoms in total. The summed E-state index contributed by atoms with van der Waals surface area (Å²) in [4.78, 5) is 2.83. The third-order valence-corrected chi connectivity index (χ3v) is 1.23. The van der Waals surface area contributed by atoms with Gasteiger partial charge >= 0.3 is 0 Å². The van der Waals surface area contributed by atoms with Gasteiger partial charge in [0.2, 0.25) is 0 Å². The van der Waals surface area contributed by atoms with E-state index in [0.29, 0.717) is 0 Å². The number of rotatable bonds is 2. The topological polar surface area (TPSA) is 62.0 Å². The van der Waals surface area contributed by atoms with E-state index in [2.05, 4.69) is 4.98 Å². The molecular weight excluding hydrogens is 116 g/mol. The maximum absolute atomic E-state index is 9.07. The van der Waals surface area contributed by atoms with Crippen LogP contribution in [0.3, 0.4) is 0 Å². The summed E-state index contributed by atoms with van der Waals surface area (Å²) in [5.41, 5.74) is 6.04. The van der Waals surface area contributed by atoms with E-state index in [1.165, 1.54) is 0 Å². The van der Waals surface area contributed by atoms with Crippen molar-refractivity contribution in [2.24, 2.45) is 5.73 Å². The second kappa shape index (κ2) is 2.66. The molecule has 9 heavy (non-hydrogen) atoms. The Morgan fingerprint density at radius 2 is 2.56 bits per heavy atom. The molecule has 1 atom stereocenters. The molecular formula is C6H10N2O. The number of aliphatic hydroxyl groups is 1. The maximum Gasteiger partial charge on any atom is 0.0926 e. The van der Waals surface area contributed by atoms with Crippen molar-refractivity contribution in [3.05, 3.63) is 24.0 Å². The summed E-state index contributed by atoms with van der Waals surface area (Å²) in [7, 11) is 0. The minimum Gasteiger partial charge on any atom is -0.387 e. The van der Waals surface area contributed by atoms with Crippen molar-refractivity contribution in [3.63, 3.8) is 0 Å². The van der Waals surface area contributed by atoms with Gasteiger partial charge in [0.25, 0.3) is 0 Å². The zero-order valence-corrected chi connectivity index (χ0v) is 5.04. The number of nitrogens with one attached hydrogen (secondary N) is 1. The predicted octanol–water partition coefficient (Wildman–Crippen LogP) is 0.00680. The highest BCUT2D eigenvalue weighted by atomic mass is 16.3. The lowest BCUT2D eigenvalue weighted by Gasteiger charge is -2.01. The molecule has 0 fully saturated rings. The van der Waals surface area contributed by atoms with Crippen LogP contribution in [0.1, 0.15) is 11.7 Å². The highest BCUT2D eigenvalue weighted by Crippen LogP contribution is 2.07. The van der Waals surface area contributed by atoms with Gasteiger partial charge in [-0.3, -0.25) is 0 Å². The van der Waals surface area contributed by atoms with E-state index in [1.807, 2.05) is 0 Å². The number of aliphatic hydroxyl groups excluding tert-OH is 1. The largest absolute Gasteiger partial charge is 0.387 e. The van der Waals surface area contributed by atoms with Gasteiger partial charge in [0.1, 0.15) is 0 Å². The van der Waals surface area contributed by atoms with Crippen LogP contribution >= 0.6 is 0 Å². The Kier molecular flexibility index (Phi) is 1.87. The molecule has 0 radical (unpaired) electrons. The Labute approximate surface area is 53.5 Å². The molecule has 1 aromatic rings. The van der Waals surface area contributed by atoms with Crippen LogP contribution in [0.4, 0.5) is 0 Å². The lowest BCUT2D eigenvalue weighted by atomic mass is 10.2. The van der Waals surface area contributed by atoms with Gasteiger partial charge in [-0.2, -0.15) is 0 Å². The van der Waals surface area contributed by atoms with Gasteiger partial charge in [0.05, 0.1) is 6.10 Å². The Morgan fingerprint density at radius 1 is 1.78 bits per heavy atom. The highest BCUT2D eigenvalue weighted by molar-refractivity contribution is 5.11. The lowest BCUT2D eigenvalue weighted by Crippen LogP contribution is -2.10. The SMILES string of the molecule is NC[C@@H](O)c1cc[nH]c1. The first-order valence-corrected chi connectivity index (χ1v) is 2.85. The van der Waals surface area contributed by atoms with Crippen LogP contribution in [0.15, 0.2) is 18.5 Å². The molecule has 1 aromatic heterocycles. The third kappa shape index (κ3) is 1.31. The summed E-state index contributed by atoms with van der Waals surface area (Å²) in [5.74, 6) is 0. The standard InChI is InChI=1S/C6H10N2O/c7-3-6(9)5-1-2-8-4-5/h1-2,4,6,8-9H,3,7H2/t6-/m1/s1. The van der Waals surface area contributed by atoms with Gasteiger partial charge in [0, 0.05) is 18.9 Å². The van der Waals surface area contributed by atoms with E-state index < -0.39 is 6.10 Å². The molecule has 0 aliphatic carbocycles. The number of aromatic amines is 1. The zero-order chi connectivity index (χ0) is 6.69. The van der Waals surface area contributed by atoms with Crippen molar-refractivity contribution >= 4 is 0 Å². The third-order valence-electron chi connectivity index (χ3n) is 1.23. The summed E-state index contributed by atoms with van der Waals surface area (Å²) in [6.07, 6.45) is 2.97. The lowest BCUT2D eigenvalue weighted by molar-refractivity contribution is 0.187. The van der Waals surface area contributed by atoms with Gasteiger partial charge in [-0.1, -0.05) is 0 Å². The molecule has 0 saturated carbocycles. The van der Waals surface area contributed by atoms with Crippen LogP contribution < -0.4 is 5.73 Å². The zero-order valence-electron chi connectivity index (χ0n) is 5.04. The minimum absolute atomic E-state index is 0.276. The smallest absolute Gasteiger partial charge is 0.0926 e. The van der Waals surface area contributed by atoms with Crippen LogP contribution in [-0.4, -0.2) is 16.6 Å². The van der Waals surface area contributed by atoms with Crippen molar-refractivity contribution in [2.75, 3.05) is 6.54 Å². The van der Waals surface area contributed by atoms with E-state index in [0.717, 1.165) is 5.56 Å². The van der Waals surface area contributed by atoms with Crippen molar-refractivity contribution in [3.8, 4) is 0 Å². The summed E-state index contributed by atoms with van der Waals surface area (Å²) >= 11 is 0. The first-order valence-electron chi connectivity index (χ1n) is 2.85. The molecule has 0 amide bonds. The van der Waals surface area contributed by atoms with Gasteiger partial charge in [-0.15, -0.1) is 0 Å². The molecule has 3 heteroatoms. The summed E-state index contributed by atoms with van der Waals surface area (Å²) in [6, 6.07) is 1.80. The summed E-state index contributed by atoms with van der Waals surface area (Å²) in [5, 5.41) is 9.07. The number of hydrogen-bond acceptors (Lipinski definition) is 2. The highest BCUT2D eigenvalue weighted by Gasteiger charge is 2.02. The van der Waals surface area contributed by atoms with Gasteiger partial charge in [-0.05, 0) is 11.6 Å². The number of aromatic nitrogens is 1. The van der Waals surface area contributed by atoms with Gasteiger partial charge in [-0.25, -0.2) is 0 Å². The van der Waals surface area contributed by atoms with Crippen LogP contribution in [0.25, 0.3) is 0 Å². The maximum atomic E-state index is 9.07. The molecule has 0 unspecified atom stereocenters. The van der Waals surface area contributed by atoms with Crippen molar-refractivity contribution in [2.45, 2.75) is 6.10 Å². The van der Waals surface area contributed by atoms with Crippen LogP contribution in [-0.2, 0) is 0 Å². The number of H-pyrrole nitrogens is 1. The van der Waals surface area contributed by atoms with Crippen molar-refractivity contribution < 1.29 is 5.11 Å². The first-order chi connectivity index (χ1) is 4.34. The normalized spacial score (nSPS) is 13.6. The second-order valence-corrected chi connectivity index (χ2v) is 1.90. The molecule has 0 aliphatic heterocycles. The second-order valence-electron chi connectivity index (χ2n) is 1.90.